The summed E-state index contributed by atoms with van der Waals surface area (Å²) in [7, 11) is 0. The summed E-state index contributed by atoms with van der Waals surface area (Å²) in [5, 5.41) is 0. The first-order chi connectivity index (χ1) is 8.58. The molecule has 0 atom stereocenters. The maximum absolute atomic E-state index is 12.6. The van der Waals surface area contributed by atoms with Crippen LogP contribution in [-0.4, -0.2) is 9.55 Å². The molecule has 1 aromatic heterocycles. The Hall–Kier alpha value is -1.08. The number of benzene rings is 1. The Morgan fingerprint density at radius 2 is 2.22 bits per heavy atom. The Kier molecular flexibility index (Phi) is 4.23. The fourth-order valence-electron chi connectivity index (χ4n) is 1.41. The predicted molar refractivity (Wildman–Crippen MR) is 71.6 cm³/mol. The summed E-state index contributed by atoms with van der Waals surface area (Å²) >= 11 is 4.72. The zero-order valence-corrected chi connectivity index (χ0v) is 11.6. The van der Waals surface area contributed by atoms with E-state index in [1.807, 2.05) is 12.1 Å². The quantitative estimate of drug-likeness (QED) is 0.681. The van der Waals surface area contributed by atoms with Crippen molar-refractivity contribution in [3.8, 4) is 0 Å². The number of imidazole rings is 1. The van der Waals surface area contributed by atoms with Crippen LogP contribution in [0.3, 0.4) is 0 Å². The van der Waals surface area contributed by atoms with E-state index >= 15 is 0 Å². The van der Waals surface area contributed by atoms with Gasteiger partial charge in [0.2, 0.25) is 0 Å². The minimum Gasteiger partial charge on any atom is -0.398 e. The molecule has 0 fully saturated rings. The number of rotatable bonds is 4. The average Bonchev–Trinajstić information content (AvgIpc) is 2.79. The number of nitrogen functional groups attached to an aromatic ring is 1. The Bertz CT molecular complexity index is 545. The van der Waals surface area contributed by atoms with Gasteiger partial charge in [-0.15, -0.1) is 11.8 Å². The van der Waals surface area contributed by atoms with Gasteiger partial charge in [0.15, 0.2) is 0 Å². The number of hydrogen-bond acceptors (Lipinski definition) is 3. The highest BCUT2D eigenvalue weighted by Crippen LogP contribution is 2.30. The summed E-state index contributed by atoms with van der Waals surface area (Å²) in [5.41, 5.74) is 6.43. The molecule has 18 heavy (non-hydrogen) atoms. The zero-order chi connectivity index (χ0) is 13.1. The van der Waals surface area contributed by atoms with Gasteiger partial charge in [0.1, 0.15) is 5.82 Å². The second kappa shape index (κ2) is 5.71. The molecule has 0 saturated carbocycles. The number of nitrogens with zero attached hydrogens (tertiary/aromatic N) is 2. The highest BCUT2D eigenvalue weighted by Gasteiger charge is 2.12. The first-order valence-corrected chi connectivity index (χ1v) is 6.83. The van der Waals surface area contributed by atoms with Crippen LogP contribution < -0.4 is 5.73 Å². The van der Waals surface area contributed by atoms with Crippen molar-refractivity contribution in [2.24, 2.45) is 0 Å². The van der Waals surface area contributed by atoms with E-state index in [1.54, 1.807) is 6.07 Å². The van der Waals surface area contributed by atoms with Crippen LogP contribution in [-0.2, 0) is 5.75 Å². The summed E-state index contributed by atoms with van der Waals surface area (Å²) in [4.78, 5) is 4.76. The third-order valence-corrected chi connectivity index (χ3v) is 3.85. The third-order valence-electron chi connectivity index (χ3n) is 2.29. The molecular formula is C11H10BrF2N3S. The maximum Gasteiger partial charge on any atom is 0.319 e. The van der Waals surface area contributed by atoms with Gasteiger partial charge in [-0.3, -0.25) is 4.57 Å². The monoisotopic (exact) mass is 333 g/mol. The lowest BCUT2D eigenvalue weighted by molar-refractivity contribution is 0.0678. The molecule has 0 aliphatic carbocycles. The minimum absolute atomic E-state index is 0.328. The van der Waals surface area contributed by atoms with E-state index in [0.717, 1.165) is 13.9 Å². The lowest BCUT2D eigenvalue weighted by atomic mass is 10.3. The Balaban J connectivity index is 2.11. The van der Waals surface area contributed by atoms with Crippen LogP contribution in [0.15, 0.2) is 40.0 Å². The van der Waals surface area contributed by atoms with Gasteiger partial charge in [0.25, 0.3) is 0 Å². The number of aromatic nitrogens is 2. The van der Waals surface area contributed by atoms with Crippen LogP contribution in [0.25, 0.3) is 0 Å². The fraction of sp³-hybridized carbons (Fsp3) is 0.182. The SMILES string of the molecule is Nc1ccc(Br)cc1SCc1nccn1C(F)F. The number of thioether (sulfide) groups is 1. The van der Waals surface area contributed by atoms with E-state index in [9.17, 15) is 8.78 Å². The van der Waals surface area contributed by atoms with Gasteiger partial charge < -0.3 is 5.73 Å². The predicted octanol–water partition coefficient (Wildman–Crippen LogP) is 3.92. The molecule has 2 N–H and O–H groups in total. The lowest BCUT2D eigenvalue weighted by Gasteiger charge is -2.08. The molecule has 0 amide bonds. The highest BCUT2D eigenvalue weighted by molar-refractivity contribution is 9.10. The molecule has 7 heteroatoms. The van der Waals surface area contributed by atoms with Crippen molar-refractivity contribution in [2.75, 3.05) is 5.73 Å². The molecule has 1 aromatic carbocycles. The lowest BCUT2D eigenvalue weighted by Crippen LogP contribution is -2.02. The molecule has 0 bridgehead atoms. The van der Waals surface area contributed by atoms with Crippen LogP contribution >= 0.6 is 27.7 Å². The molecule has 0 radical (unpaired) electrons. The third kappa shape index (κ3) is 3.02. The normalized spacial score (nSPS) is 11.1. The van der Waals surface area contributed by atoms with Crippen molar-refractivity contribution in [3.05, 3.63) is 40.9 Å². The Morgan fingerprint density at radius 1 is 1.44 bits per heavy atom. The smallest absolute Gasteiger partial charge is 0.319 e. The molecule has 0 aliphatic heterocycles. The topological polar surface area (TPSA) is 43.8 Å². The molecule has 0 saturated heterocycles. The van der Waals surface area contributed by atoms with E-state index in [2.05, 4.69) is 20.9 Å². The molecule has 3 nitrogen and oxygen atoms in total. The van der Waals surface area contributed by atoms with E-state index < -0.39 is 6.55 Å². The van der Waals surface area contributed by atoms with Crippen LogP contribution in [0.4, 0.5) is 14.5 Å². The van der Waals surface area contributed by atoms with Crippen LogP contribution in [0, 0.1) is 0 Å². The number of hydrogen-bond donors (Lipinski definition) is 1. The molecule has 2 rings (SSSR count). The Morgan fingerprint density at radius 3 is 2.94 bits per heavy atom. The van der Waals surface area contributed by atoms with Gasteiger partial charge in [-0.05, 0) is 18.2 Å². The number of nitrogens with two attached hydrogens (primary N) is 1. The first-order valence-electron chi connectivity index (χ1n) is 5.05. The van der Waals surface area contributed by atoms with E-state index in [-0.39, 0.29) is 0 Å². The van der Waals surface area contributed by atoms with Gasteiger partial charge in [-0.1, -0.05) is 15.9 Å². The molecule has 0 spiro atoms. The number of halogens is 3. The summed E-state index contributed by atoms with van der Waals surface area (Å²) in [6.07, 6.45) is 2.64. The van der Waals surface area contributed by atoms with Crippen molar-refractivity contribution in [2.45, 2.75) is 17.2 Å². The molecule has 0 unspecified atom stereocenters. The van der Waals surface area contributed by atoms with Crippen molar-refractivity contribution >= 4 is 33.4 Å². The van der Waals surface area contributed by atoms with E-state index in [4.69, 9.17) is 5.73 Å². The van der Waals surface area contributed by atoms with Crippen LogP contribution in [0.5, 0.6) is 0 Å². The summed E-state index contributed by atoms with van der Waals surface area (Å²) in [6, 6.07) is 5.46. The van der Waals surface area contributed by atoms with Gasteiger partial charge in [0, 0.05) is 27.4 Å². The average molecular weight is 334 g/mol. The van der Waals surface area contributed by atoms with Crippen molar-refractivity contribution in [1.29, 1.82) is 0 Å². The molecule has 0 aliphatic rings. The van der Waals surface area contributed by atoms with E-state index in [1.165, 1.54) is 24.2 Å². The Labute approximate surface area is 116 Å². The van der Waals surface area contributed by atoms with E-state index in [0.29, 0.717) is 17.3 Å². The van der Waals surface area contributed by atoms with Gasteiger partial charge in [-0.25, -0.2) is 4.98 Å². The number of alkyl halides is 2. The largest absolute Gasteiger partial charge is 0.398 e. The molecular weight excluding hydrogens is 324 g/mol. The summed E-state index contributed by atoms with van der Waals surface area (Å²) in [6.45, 7) is -2.57. The zero-order valence-electron chi connectivity index (χ0n) is 9.19. The first kappa shape index (κ1) is 13.4. The minimum atomic E-state index is -2.57. The van der Waals surface area contributed by atoms with Crippen LogP contribution in [0.2, 0.25) is 0 Å². The standard InChI is InChI=1S/C11H10BrF2N3S/c12-7-1-2-8(15)9(5-7)18-6-10-16-3-4-17(10)11(13)14/h1-5,11H,6,15H2. The molecule has 2 aromatic rings. The maximum atomic E-state index is 12.6. The van der Waals surface area contributed by atoms with Gasteiger partial charge >= 0.3 is 6.55 Å². The van der Waals surface area contributed by atoms with Crippen molar-refractivity contribution < 1.29 is 8.78 Å². The van der Waals surface area contributed by atoms with Crippen LogP contribution in [0.1, 0.15) is 12.4 Å². The summed E-state index contributed by atoms with van der Waals surface area (Å²) < 4.78 is 27.0. The second-order valence-corrected chi connectivity index (χ2v) is 5.43. The fourth-order valence-corrected chi connectivity index (χ4v) is 2.87. The van der Waals surface area contributed by atoms with Crippen molar-refractivity contribution in [1.82, 2.24) is 9.55 Å². The second-order valence-electron chi connectivity index (χ2n) is 3.50. The van der Waals surface area contributed by atoms with Gasteiger partial charge in [-0.2, -0.15) is 8.78 Å². The highest BCUT2D eigenvalue weighted by atomic mass is 79.9. The van der Waals surface area contributed by atoms with Crippen molar-refractivity contribution in [3.63, 3.8) is 0 Å². The molecule has 1 heterocycles. The van der Waals surface area contributed by atoms with Gasteiger partial charge in [0.05, 0.1) is 5.75 Å². The molecule has 96 valence electrons. The number of anilines is 1. The summed E-state index contributed by atoms with van der Waals surface area (Å²) in [5.74, 6) is 0.673.